The molecule has 0 N–H and O–H groups in total. The minimum Gasteiger partial charge on any atom is -0.493 e. The number of benzene rings is 8. The van der Waals surface area contributed by atoms with Gasteiger partial charge in [0, 0.05) is 22.3 Å². The van der Waals surface area contributed by atoms with Crippen LogP contribution in [0.2, 0.25) is 0 Å². The molecule has 4 nitrogen and oxygen atoms in total. The predicted molar refractivity (Wildman–Crippen MR) is 217 cm³/mol. The summed E-state index contributed by atoms with van der Waals surface area (Å²) in [4.78, 5) is 0. The second kappa shape index (κ2) is 14.3. The Bertz CT molecular complexity index is 2400. The lowest BCUT2D eigenvalue weighted by molar-refractivity contribution is 0.337. The molecule has 8 aromatic rings. The average Bonchev–Trinajstić information content (AvgIpc) is 3.18. The zero-order chi connectivity index (χ0) is 35.6. The van der Waals surface area contributed by atoms with Crippen molar-refractivity contribution in [3.05, 3.63) is 133 Å². The first-order valence-electron chi connectivity index (χ1n) is 18.3. The number of ether oxygens (including phenoxy) is 4. The van der Waals surface area contributed by atoms with Gasteiger partial charge >= 0.3 is 0 Å². The van der Waals surface area contributed by atoms with E-state index in [1.165, 1.54) is 0 Å². The third-order valence-corrected chi connectivity index (χ3v) is 9.78. The molecular formula is C48H42O4. The van der Waals surface area contributed by atoms with E-state index in [2.05, 4.69) is 133 Å². The molecule has 4 heteroatoms. The van der Waals surface area contributed by atoms with Gasteiger partial charge in [-0.25, -0.2) is 0 Å². The van der Waals surface area contributed by atoms with Crippen molar-refractivity contribution in [1.29, 1.82) is 0 Å². The third-order valence-electron chi connectivity index (χ3n) is 9.78. The minimum atomic E-state index is 0.570. The molecule has 0 unspecified atom stereocenters. The maximum absolute atomic E-state index is 6.29. The van der Waals surface area contributed by atoms with Crippen LogP contribution in [-0.2, 0) is 0 Å². The molecule has 0 aliphatic heterocycles. The Balaban J connectivity index is 1.31. The first-order valence-corrected chi connectivity index (χ1v) is 18.3. The Morgan fingerprint density at radius 1 is 0.308 bits per heavy atom. The number of hydrogen-bond acceptors (Lipinski definition) is 4. The van der Waals surface area contributed by atoms with Gasteiger partial charge in [0.1, 0.15) is 23.0 Å². The monoisotopic (exact) mass is 682 g/mol. The van der Waals surface area contributed by atoms with Crippen molar-refractivity contribution in [1.82, 2.24) is 0 Å². The molecule has 0 aromatic heterocycles. The van der Waals surface area contributed by atoms with Crippen LogP contribution < -0.4 is 18.9 Å². The molecule has 8 aromatic carbocycles. The largest absolute Gasteiger partial charge is 0.493 e. The van der Waals surface area contributed by atoms with Gasteiger partial charge in [-0.1, -0.05) is 97.1 Å². The van der Waals surface area contributed by atoms with E-state index in [1.54, 1.807) is 0 Å². The molecule has 0 atom stereocenters. The van der Waals surface area contributed by atoms with E-state index >= 15 is 0 Å². The second-order valence-corrected chi connectivity index (χ2v) is 12.8. The summed E-state index contributed by atoms with van der Waals surface area (Å²) in [7, 11) is 0. The molecule has 0 aliphatic rings. The van der Waals surface area contributed by atoms with Crippen LogP contribution in [0.15, 0.2) is 133 Å². The summed E-state index contributed by atoms with van der Waals surface area (Å²) < 4.78 is 25.1. The Morgan fingerprint density at radius 3 is 0.962 bits per heavy atom. The summed E-state index contributed by atoms with van der Waals surface area (Å²) >= 11 is 0. The second-order valence-electron chi connectivity index (χ2n) is 12.8. The summed E-state index contributed by atoms with van der Waals surface area (Å²) in [6, 6.07) is 47.4. The normalized spacial score (nSPS) is 11.4. The predicted octanol–water partition coefficient (Wildman–Crippen LogP) is 12.9. The molecule has 0 aliphatic carbocycles. The van der Waals surface area contributed by atoms with Crippen LogP contribution in [0, 0.1) is 0 Å². The highest BCUT2D eigenvalue weighted by Gasteiger charge is 2.21. The number of fused-ring (bicyclic) bond motifs is 4. The highest BCUT2D eigenvalue weighted by molar-refractivity contribution is 6.12. The van der Waals surface area contributed by atoms with Crippen LogP contribution >= 0.6 is 0 Å². The van der Waals surface area contributed by atoms with Crippen LogP contribution in [0.5, 0.6) is 23.0 Å². The van der Waals surface area contributed by atoms with Crippen LogP contribution in [0.25, 0.3) is 76.5 Å². The van der Waals surface area contributed by atoms with Gasteiger partial charge in [-0.2, -0.15) is 0 Å². The number of hydrogen-bond donors (Lipinski definition) is 0. The molecule has 0 saturated carbocycles. The molecule has 0 bridgehead atoms. The Labute approximate surface area is 305 Å². The summed E-state index contributed by atoms with van der Waals surface area (Å²) in [6.07, 6.45) is 0. The van der Waals surface area contributed by atoms with Gasteiger partial charge in [-0.3, -0.25) is 0 Å². The smallest absolute Gasteiger partial charge is 0.127 e. The lowest BCUT2D eigenvalue weighted by Gasteiger charge is -2.20. The van der Waals surface area contributed by atoms with Gasteiger partial charge in [0.05, 0.1) is 26.4 Å². The van der Waals surface area contributed by atoms with Crippen molar-refractivity contribution in [3.63, 3.8) is 0 Å². The first kappa shape index (κ1) is 33.2. The molecule has 0 radical (unpaired) electrons. The molecule has 52 heavy (non-hydrogen) atoms. The van der Waals surface area contributed by atoms with Crippen LogP contribution in [0.4, 0.5) is 0 Å². The van der Waals surface area contributed by atoms with Gasteiger partial charge in [0.2, 0.25) is 0 Å². The summed E-state index contributed by atoms with van der Waals surface area (Å²) in [5.41, 5.74) is 6.51. The van der Waals surface area contributed by atoms with Gasteiger partial charge in [-0.15, -0.1) is 0 Å². The van der Waals surface area contributed by atoms with Gasteiger partial charge < -0.3 is 18.9 Å². The fraction of sp³-hybridized carbons (Fsp3) is 0.167. The molecule has 258 valence electrons. The van der Waals surface area contributed by atoms with Crippen LogP contribution in [0.1, 0.15) is 27.7 Å². The fourth-order valence-corrected chi connectivity index (χ4v) is 7.62. The van der Waals surface area contributed by atoms with E-state index < -0.39 is 0 Å². The Hall–Kier alpha value is -6.00. The summed E-state index contributed by atoms with van der Waals surface area (Å²) in [5.74, 6) is 3.41. The summed E-state index contributed by atoms with van der Waals surface area (Å²) in [5, 5.41) is 9.12. The van der Waals surface area contributed by atoms with Crippen molar-refractivity contribution in [2.45, 2.75) is 27.7 Å². The standard InChI is InChI=1S/C48H42O4/c1-5-49-41-25-19-31-13-9-11-15-37(31)45(41)47-39-23-17-33(29-35(39)21-27-43(47)51-7-3)34-18-24-40-36(30-34)22-28-44(52-8-4)48(40)46-38-16-12-10-14-32(38)20-26-42(46)50-6-2/h9-30H,5-8H2,1-4H3. The van der Waals surface area contributed by atoms with Crippen LogP contribution in [-0.4, -0.2) is 26.4 Å². The van der Waals surface area contributed by atoms with Crippen molar-refractivity contribution >= 4 is 43.1 Å². The molecule has 0 heterocycles. The van der Waals surface area contributed by atoms with E-state index in [0.29, 0.717) is 26.4 Å². The highest BCUT2D eigenvalue weighted by Crippen LogP contribution is 2.48. The SMILES string of the molecule is CCOc1ccc2ccccc2c1-c1c(OCC)ccc2cc(-c3ccc4c(-c5c(OCC)ccc6ccccc56)c(OCC)ccc4c3)ccc12. The average molecular weight is 683 g/mol. The van der Waals surface area contributed by atoms with Crippen molar-refractivity contribution in [2.24, 2.45) is 0 Å². The third kappa shape index (κ3) is 5.84. The molecule has 0 saturated heterocycles. The molecule has 0 amide bonds. The fourth-order valence-electron chi connectivity index (χ4n) is 7.62. The lowest BCUT2D eigenvalue weighted by Crippen LogP contribution is -1.99. The van der Waals surface area contributed by atoms with Gasteiger partial charge in [0.15, 0.2) is 0 Å². The molecule has 8 rings (SSSR count). The zero-order valence-corrected chi connectivity index (χ0v) is 30.2. The number of rotatable bonds is 11. The highest BCUT2D eigenvalue weighted by atomic mass is 16.5. The zero-order valence-electron chi connectivity index (χ0n) is 30.2. The van der Waals surface area contributed by atoms with E-state index in [9.17, 15) is 0 Å². The maximum atomic E-state index is 6.29. The van der Waals surface area contributed by atoms with Crippen molar-refractivity contribution < 1.29 is 18.9 Å². The molecular weight excluding hydrogens is 641 g/mol. The topological polar surface area (TPSA) is 36.9 Å². The minimum absolute atomic E-state index is 0.570. The first-order chi connectivity index (χ1) is 25.6. The maximum Gasteiger partial charge on any atom is 0.127 e. The van der Waals surface area contributed by atoms with Crippen LogP contribution in [0.3, 0.4) is 0 Å². The van der Waals surface area contributed by atoms with E-state index in [-0.39, 0.29) is 0 Å². The molecule has 0 spiro atoms. The Kier molecular flexibility index (Phi) is 9.13. The van der Waals surface area contributed by atoms with E-state index in [1.807, 2.05) is 27.7 Å². The van der Waals surface area contributed by atoms with Crippen molar-refractivity contribution in [3.8, 4) is 56.4 Å². The van der Waals surface area contributed by atoms with Gasteiger partial charge in [0.25, 0.3) is 0 Å². The lowest BCUT2D eigenvalue weighted by atomic mass is 9.89. The summed E-state index contributed by atoms with van der Waals surface area (Å²) in [6.45, 7) is 10.4. The van der Waals surface area contributed by atoms with Gasteiger partial charge in [-0.05, 0) is 118 Å². The van der Waals surface area contributed by atoms with E-state index in [0.717, 1.165) is 99.5 Å². The Morgan fingerprint density at radius 2 is 0.615 bits per heavy atom. The molecule has 0 fully saturated rings. The van der Waals surface area contributed by atoms with E-state index in [4.69, 9.17) is 18.9 Å². The quantitative estimate of drug-likeness (QED) is 0.136. The van der Waals surface area contributed by atoms with Crippen molar-refractivity contribution in [2.75, 3.05) is 26.4 Å².